The summed E-state index contributed by atoms with van der Waals surface area (Å²) in [7, 11) is 0. The van der Waals surface area contributed by atoms with Gasteiger partial charge in [-0.3, -0.25) is 4.79 Å². The number of rotatable bonds is 4. The topological polar surface area (TPSA) is 41.1 Å². The summed E-state index contributed by atoms with van der Waals surface area (Å²) in [6.07, 6.45) is 13.1. The summed E-state index contributed by atoms with van der Waals surface area (Å²) in [6, 6.07) is 0. The van der Waals surface area contributed by atoms with Gasteiger partial charge in [-0.25, -0.2) is 0 Å². The Bertz CT molecular complexity index is 304. The highest BCUT2D eigenvalue weighted by molar-refractivity contribution is 5.78. The highest BCUT2D eigenvalue weighted by atomic mass is 16.1. The van der Waals surface area contributed by atoms with Gasteiger partial charge < -0.3 is 10.6 Å². The quantitative estimate of drug-likeness (QED) is 0.767. The number of carbonyl (C=O) groups excluding carboxylic acids is 1. The summed E-state index contributed by atoms with van der Waals surface area (Å²) in [4.78, 5) is 12.2. The average Bonchev–Trinajstić information content (AvgIpc) is 2.39. The Morgan fingerprint density at radius 3 is 2.63 bits per heavy atom. The molecule has 2 N–H and O–H groups in total. The Kier molecular flexibility index (Phi) is 6.42. The van der Waals surface area contributed by atoms with E-state index < -0.39 is 0 Å². The largest absolute Gasteiger partial charge is 0.356 e. The normalized spacial score (nSPS) is 22.2. The third-order valence-electron chi connectivity index (χ3n) is 4.38. The Morgan fingerprint density at radius 2 is 1.95 bits per heavy atom. The average molecular weight is 264 g/mol. The van der Waals surface area contributed by atoms with Crippen LogP contribution < -0.4 is 10.6 Å². The zero-order valence-corrected chi connectivity index (χ0v) is 12.0. The molecule has 0 bridgehead atoms. The Hall–Kier alpha value is -0.830. The molecule has 0 aromatic rings. The molecule has 0 saturated heterocycles. The summed E-state index contributed by atoms with van der Waals surface area (Å²) >= 11 is 0. The van der Waals surface area contributed by atoms with Crippen molar-refractivity contribution in [3.05, 3.63) is 11.6 Å². The fourth-order valence-corrected chi connectivity index (χ4v) is 3.11. The standard InChI is InChI=1S/C16H28N2O/c19-16(15-6-4-2-1-3-5-7-15)18-13-10-14-8-11-17-12-9-14/h8,15,17H,1-7,9-13H2,(H,18,19). The van der Waals surface area contributed by atoms with Crippen molar-refractivity contribution in [1.82, 2.24) is 10.6 Å². The van der Waals surface area contributed by atoms with E-state index in [1.165, 1.54) is 37.7 Å². The van der Waals surface area contributed by atoms with E-state index in [2.05, 4.69) is 16.7 Å². The molecule has 0 radical (unpaired) electrons. The van der Waals surface area contributed by atoms with Crippen molar-refractivity contribution in [3.63, 3.8) is 0 Å². The van der Waals surface area contributed by atoms with Crippen LogP contribution in [-0.4, -0.2) is 25.5 Å². The van der Waals surface area contributed by atoms with E-state index in [1.807, 2.05) is 0 Å². The molecule has 3 heteroatoms. The lowest BCUT2D eigenvalue weighted by atomic mass is 9.90. The molecule has 1 fully saturated rings. The maximum Gasteiger partial charge on any atom is 0.223 e. The minimum absolute atomic E-state index is 0.280. The Morgan fingerprint density at radius 1 is 1.21 bits per heavy atom. The van der Waals surface area contributed by atoms with Crippen LogP contribution in [0.15, 0.2) is 11.6 Å². The van der Waals surface area contributed by atoms with Gasteiger partial charge in [0.1, 0.15) is 0 Å². The van der Waals surface area contributed by atoms with Crippen LogP contribution in [0.5, 0.6) is 0 Å². The Balaban J connectivity index is 1.66. The van der Waals surface area contributed by atoms with E-state index in [0.717, 1.165) is 45.3 Å². The maximum atomic E-state index is 12.2. The second-order valence-electron chi connectivity index (χ2n) is 5.90. The molecule has 0 spiro atoms. The van der Waals surface area contributed by atoms with Crippen LogP contribution >= 0.6 is 0 Å². The third kappa shape index (κ3) is 5.35. The van der Waals surface area contributed by atoms with Crippen LogP contribution in [0.3, 0.4) is 0 Å². The van der Waals surface area contributed by atoms with Gasteiger partial charge in [0, 0.05) is 19.0 Å². The van der Waals surface area contributed by atoms with Gasteiger partial charge in [-0.05, 0) is 32.2 Å². The highest BCUT2D eigenvalue weighted by Gasteiger charge is 2.18. The molecule has 2 rings (SSSR count). The number of carbonyl (C=O) groups is 1. The summed E-state index contributed by atoms with van der Waals surface area (Å²) < 4.78 is 0. The molecule has 1 saturated carbocycles. The summed E-state index contributed by atoms with van der Waals surface area (Å²) in [5, 5.41) is 6.46. The van der Waals surface area contributed by atoms with E-state index in [4.69, 9.17) is 0 Å². The molecule has 0 aromatic carbocycles. The van der Waals surface area contributed by atoms with Gasteiger partial charge in [0.15, 0.2) is 0 Å². The minimum atomic E-state index is 0.280. The summed E-state index contributed by atoms with van der Waals surface area (Å²) in [5.41, 5.74) is 1.50. The summed E-state index contributed by atoms with van der Waals surface area (Å²) in [6.45, 7) is 2.90. The lowest BCUT2D eigenvalue weighted by molar-refractivity contribution is -0.125. The molecule has 0 atom stereocenters. The van der Waals surface area contributed by atoms with E-state index in [1.54, 1.807) is 0 Å². The lowest BCUT2D eigenvalue weighted by Crippen LogP contribution is -2.32. The van der Waals surface area contributed by atoms with E-state index >= 15 is 0 Å². The van der Waals surface area contributed by atoms with Crippen LogP contribution in [0.25, 0.3) is 0 Å². The Labute approximate surface area is 117 Å². The predicted molar refractivity (Wildman–Crippen MR) is 79.0 cm³/mol. The monoisotopic (exact) mass is 264 g/mol. The first-order valence-electron chi connectivity index (χ1n) is 8.02. The van der Waals surface area contributed by atoms with Gasteiger partial charge in [-0.15, -0.1) is 0 Å². The predicted octanol–water partition coefficient (Wildman–Crippen LogP) is 2.77. The smallest absolute Gasteiger partial charge is 0.223 e. The first-order valence-corrected chi connectivity index (χ1v) is 8.02. The molecule has 108 valence electrons. The van der Waals surface area contributed by atoms with E-state index in [9.17, 15) is 4.79 Å². The highest BCUT2D eigenvalue weighted by Crippen LogP contribution is 2.22. The molecular formula is C16H28N2O. The van der Waals surface area contributed by atoms with Crippen molar-refractivity contribution >= 4 is 5.91 Å². The van der Waals surface area contributed by atoms with Gasteiger partial charge in [0.2, 0.25) is 5.91 Å². The van der Waals surface area contributed by atoms with Gasteiger partial charge in [0.05, 0.1) is 0 Å². The van der Waals surface area contributed by atoms with Crippen molar-refractivity contribution in [2.24, 2.45) is 5.92 Å². The molecule has 2 aliphatic rings. The van der Waals surface area contributed by atoms with Crippen molar-refractivity contribution in [1.29, 1.82) is 0 Å². The van der Waals surface area contributed by atoms with Crippen molar-refractivity contribution in [2.75, 3.05) is 19.6 Å². The van der Waals surface area contributed by atoms with Gasteiger partial charge >= 0.3 is 0 Å². The van der Waals surface area contributed by atoms with E-state index in [-0.39, 0.29) is 5.92 Å². The minimum Gasteiger partial charge on any atom is -0.356 e. The van der Waals surface area contributed by atoms with Gasteiger partial charge in [0.25, 0.3) is 0 Å². The summed E-state index contributed by atoms with van der Waals surface area (Å²) in [5.74, 6) is 0.582. The van der Waals surface area contributed by atoms with Crippen LogP contribution in [0.4, 0.5) is 0 Å². The molecule has 1 aliphatic heterocycles. The number of hydrogen-bond donors (Lipinski definition) is 2. The molecule has 1 amide bonds. The van der Waals surface area contributed by atoms with E-state index in [0.29, 0.717) is 5.91 Å². The zero-order chi connectivity index (χ0) is 13.3. The first kappa shape index (κ1) is 14.6. The maximum absolute atomic E-state index is 12.2. The molecule has 0 unspecified atom stereocenters. The fourth-order valence-electron chi connectivity index (χ4n) is 3.11. The zero-order valence-electron chi connectivity index (χ0n) is 12.0. The van der Waals surface area contributed by atoms with Crippen LogP contribution in [-0.2, 0) is 4.79 Å². The molecule has 1 aliphatic carbocycles. The number of amides is 1. The van der Waals surface area contributed by atoms with Crippen LogP contribution in [0.2, 0.25) is 0 Å². The molecule has 19 heavy (non-hydrogen) atoms. The lowest BCUT2D eigenvalue weighted by Gasteiger charge is -2.20. The molecular weight excluding hydrogens is 236 g/mol. The second-order valence-corrected chi connectivity index (χ2v) is 5.90. The van der Waals surface area contributed by atoms with Crippen LogP contribution in [0.1, 0.15) is 57.8 Å². The SMILES string of the molecule is O=C(NCCC1=CCNCC1)C1CCCCCCC1. The molecule has 3 nitrogen and oxygen atoms in total. The second kappa shape index (κ2) is 8.36. The number of nitrogens with one attached hydrogen (secondary N) is 2. The van der Waals surface area contributed by atoms with Gasteiger partial charge in [-0.1, -0.05) is 43.8 Å². The number of hydrogen-bond acceptors (Lipinski definition) is 2. The van der Waals surface area contributed by atoms with Crippen LogP contribution in [0, 0.1) is 5.92 Å². The molecule has 1 heterocycles. The van der Waals surface area contributed by atoms with Crippen molar-refractivity contribution in [2.45, 2.75) is 57.8 Å². The van der Waals surface area contributed by atoms with Crippen molar-refractivity contribution in [3.8, 4) is 0 Å². The fraction of sp³-hybridized carbons (Fsp3) is 0.812. The third-order valence-corrected chi connectivity index (χ3v) is 4.38. The molecule has 0 aromatic heterocycles. The van der Waals surface area contributed by atoms with Crippen molar-refractivity contribution < 1.29 is 4.79 Å². The van der Waals surface area contributed by atoms with Gasteiger partial charge in [-0.2, -0.15) is 0 Å². The first-order chi connectivity index (χ1) is 9.36.